The van der Waals surface area contributed by atoms with Crippen LogP contribution < -0.4 is 5.32 Å². The van der Waals surface area contributed by atoms with E-state index in [1.807, 2.05) is 0 Å². The molecule has 0 saturated carbocycles. The lowest BCUT2D eigenvalue weighted by Crippen LogP contribution is -2.85. The molecule has 1 aliphatic heterocycles. The maximum Gasteiger partial charge on any atom is 0.119 e. The van der Waals surface area contributed by atoms with Crippen molar-refractivity contribution in [2.24, 2.45) is 0 Å². The van der Waals surface area contributed by atoms with Gasteiger partial charge in [-0.1, -0.05) is 6.92 Å². The highest BCUT2D eigenvalue weighted by Crippen LogP contribution is 2.27. The predicted molar refractivity (Wildman–Crippen MR) is 36.3 cm³/mol. The van der Waals surface area contributed by atoms with Gasteiger partial charge in [-0.05, 0) is 6.42 Å². The topological polar surface area (TPSA) is 25.8 Å². The Morgan fingerprint density at radius 3 is 2.44 bits per heavy atom. The minimum absolute atomic E-state index is 0.259. The number of nitrogens with two attached hydrogens (primary N) is 1. The molecule has 0 aromatic heterocycles. The van der Waals surface area contributed by atoms with Crippen LogP contribution in [-0.4, -0.2) is 25.8 Å². The first-order valence-corrected chi connectivity index (χ1v) is 3.75. The largest absolute Gasteiger partial charge is 0.369 e. The molecule has 0 bridgehead atoms. The number of quaternary nitrogens is 1. The van der Waals surface area contributed by atoms with Crippen LogP contribution in [0.25, 0.3) is 0 Å². The summed E-state index contributed by atoms with van der Waals surface area (Å²) in [7, 11) is 2.10. The zero-order valence-electron chi connectivity index (χ0n) is 6.31. The van der Waals surface area contributed by atoms with Crippen molar-refractivity contribution in [3.8, 4) is 0 Å². The van der Waals surface area contributed by atoms with Crippen LogP contribution in [0.3, 0.4) is 0 Å². The Balaban J connectivity index is 2.28. The van der Waals surface area contributed by atoms with E-state index in [1.54, 1.807) is 0 Å². The smallest absolute Gasteiger partial charge is 0.119 e. The molecule has 0 aromatic rings. The van der Waals surface area contributed by atoms with Crippen LogP contribution in [0.1, 0.15) is 19.8 Å². The molecule has 1 unspecified atom stereocenters. The predicted octanol–water partition coefficient (Wildman–Crippen LogP) is -0.251. The van der Waals surface area contributed by atoms with E-state index in [0.717, 1.165) is 19.6 Å². The molecule has 1 aliphatic rings. The van der Waals surface area contributed by atoms with Crippen molar-refractivity contribution in [1.82, 2.24) is 0 Å². The van der Waals surface area contributed by atoms with Gasteiger partial charge in [-0.15, -0.1) is 0 Å². The molecule has 1 fully saturated rings. The van der Waals surface area contributed by atoms with Crippen molar-refractivity contribution in [2.75, 3.05) is 20.2 Å². The van der Waals surface area contributed by atoms with E-state index in [9.17, 15) is 0 Å². The van der Waals surface area contributed by atoms with E-state index in [0.29, 0.717) is 0 Å². The highest BCUT2D eigenvalue weighted by molar-refractivity contribution is 4.84. The molecular formula is C7H16NO+. The molecule has 2 nitrogen and oxygen atoms in total. The van der Waals surface area contributed by atoms with Crippen LogP contribution in [0.15, 0.2) is 0 Å². The lowest BCUT2D eigenvalue weighted by atomic mass is 9.92. The van der Waals surface area contributed by atoms with Crippen LogP contribution in [0, 0.1) is 0 Å². The third kappa shape index (κ3) is 1.25. The Bertz CT molecular complexity index is 83.4. The molecule has 0 amide bonds. The fourth-order valence-electron chi connectivity index (χ4n) is 1.35. The van der Waals surface area contributed by atoms with Crippen LogP contribution >= 0.6 is 0 Å². The molecule has 0 aromatic carbocycles. The summed E-state index contributed by atoms with van der Waals surface area (Å²) in [6.07, 6.45) is 2.42. The van der Waals surface area contributed by atoms with Gasteiger partial charge in [-0.3, -0.25) is 0 Å². The summed E-state index contributed by atoms with van der Waals surface area (Å²) in [6.45, 7) is 4.30. The maximum absolute atomic E-state index is 5.48. The second-order valence-electron chi connectivity index (χ2n) is 2.75. The highest BCUT2D eigenvalue weighted by Gasteiger charge is 2.37. The van der Waals surface area contributed by atoms with Crippen molar-refractivity contribution in [1.29, 1.82) is 0 Å². The van der Waals surface area contributed by atoms with Crippen molar-refractivity contribution in [3.63, 3.8) is 0 Å². The van der Waals surface area contributed by atoms with Gasteiger partial charge in [0, 0.05) is 6.42 Å². The van der Waals surface area contributed by atoms with Crippen molar-refractivity contribution in [2.45, 2.75) is 25.4 Å². The molecule has 0 spiro atoms. The molecule has 1 atom stereocenters. The molecular weight excluding hydrogens is 114 g/mol. The molecule has 1 heterocycles. The van der Waals surface area contributed by atoms with Gasteiger partial charge in [0.2, 0.25) is 0 Å². The number of rotatable bonds is 3. The third-order valence-electron chi connectivity index (χ3n) is 2.19. The Labute approximate surface area is 56.6 Å². The average Bonchev–Trinajstić information content (AvgIpc) is 1.79. The van der Waals surface area contributed by atoms with Crippen molar-refractivity contribution in [3.05, 3.63) is 0 Å². The summed E-state index contributed by atoms with van der Waals surface area (Å²) in [5, 5.41) is 2.20. The van der Waals surface area contributed by atoms with E-state index < -0.39 is 0 Å². The van der Waals surface area contributed by atoms with E-state index >= 15 is 0 Å². The minimum atomic E-state index is 0.259. The third-order valence-corrected chi connectivity index (χ3v) is 2.19. The monoisotopic (exact) mass is 130 g/mol. The molecule has 9 heavy (non-hydrogen) atoms. The van der Waals surface area contributed by atoms with Gasteiger partial charge in [0.25, 0.3) is 0 Å². The fraction of sp³-hybridized carbons (Fsp3) is 1.00. The standard InChI is InChI=1S/C7H15NO/c1-3-7(6-8-2)4-5-9-7/h8H,3-6H2,1-2H3/p+1. The Morgan fingerprint density at radius 2 is 2.33 bits per heavy atom. The summed E-state index contributed by atoms with van der Waals surface area (Å²) < 4.78 is 5.48. The summed E-state index contributed by atoms with van der Waals surface area (Å²) in [4.78, 5) is 0. The summed E-state index contributed by atoms with van der Waals surface area (Å²) >= 11 is 0. The highest BCUT2D eigenvalue weighted by atomic mass is 16.5. The molecule has 1 rings (SSSR count). The van der Waals surface area contributed by atoms with E-state index in [-0.39, 0.29) is 5.60 Å². The summed E-state index contributed by atoms with van der Waals surface area (Å²) in [6, 6.07) is 0. The van der Waals surface area contributed by atoms with Crippen LogP contribution in [0.4, 0.5) is 0 Å². The van der Waals surface area contributed by atoms with Gasteiger partial charge >= 0.3 is 0 Å². The van der Waals surface area contributed by atoms with Crippen LogP contribution in [0.2, 0.25) is 0 Å². The number of ether oxygens (including phenoxy) is 1. The fourth-order valence-corrected chi connectivity index (χ4v) is 1.35. The first kappa shape index (κ1) is 7.03. The minimum Gasteiger partial charge on any atom is -0.369 e. The molecule has 54 valence electrons. The second kappa shape index (κ2) is 2.67. The van der Waals surface area contributed by atoms with Gasteiger partial charge in [0.15, 0.2) is 0 Å². The second-order valence-corrected chi connectivity index (χ2v) is 2.75. The SMILES string of the molecule is CCC1(C[NH2+]C)CCO1. The lowest BCUT2D eigenvalue weighted by Gasteiger charge is -2.39. The van der Waals surface area contributed by atoms with E-state index in [2.05, 4.69) is 19.3 Å². The number of hydrogen-bond donors (Lipinski definition) is 1. The quantitative estimate of drug-likeness (QED) is 0.560. The maximum atomic E-state index is 5.48. The molecule has 0 aliphatic carbocycles. The molecule has 2 heteroatoms. The summed E-state index contributed by atoms with van der Waals surface area (Å²) in [5.74, 6) is 0. The van der Waals surface area contributed by atoms with Gasteiger partial charge < -0.3 is 10.1 Å². The van der Waals surface area contributed by atoms with Crippen molar-refractivity contribution >= 4 is 0 Å². The number of hydrogen-bond acceptors (Lipinski definition) is 1. The van der Waals surface area contributed by atoms with Gasteiger partial charge in [-0.2, -0.15) is 0 Å². The van der Waals surface area contributed by atoms with Crippen LogP contribution in [0.5, 0.6) is 0 Å². The normalized spacial score (nSPS) is 34.0. The van der Waals surface area contributed by atoms with Gasteiger partial charge in [0.05, 0.1) is 13.7 Å². The Morgan fingerprint density at radius 1 is 1.67 bits per heavy atom. The molecule has 0 radical (unpaired) electrons. The van der Waals surface area contributed by atoms with Crippen molar-refractivity contribution < 1.29 is 10.1 Å². The zero-order valence-corrected chi connectivity index (χ0v) is 6.31. The average molecular weight is 130 g/mol. The lowest BCUT2D eigenvalue weighted by molar-refractivity contribution is -0.645. The Kier molecular flexibility index (Phi) is 2.09. The first-order valence-electron chi connectivity index (χ1n) is 3.75. The molecule has 2 N–H and O–H groups in total. The summed E-state index contributed by atoms with van der Waals surface area (Å²) in [5.41, 5.74) is 0.259. The van der Waals surface area contributed by atoms with Gasteiger partial charge in [0.1, 0.15) is 12.1 Å². The molecule has 1 saturated heterocycles. The van der Waals surface area contributed by atoms with E-state index in [1.165, 1.54) is 6.42 Å². The Hall–Kier alpha value is -0.0800. The zero-order chi connectivity index (χ0) is 6.74. The van der Waals surface area contributed by atoms with Gasteiger partial charge in [-0.25, -0.2) is 0 Å². The van der Waals surface area contributed by atoms with Crippen LogP contribution in [-0.2, 0) is 4.74 Å². The van der Waals surface area contributed by atoms with E-state index in [4.69, 9.17) is 4.74 Å². The first-order chi connectivity index (χ1) is 4.33. The number of likely N-dealkylation sites (N-methyl/N-ethyl adjacent to an activating group) is 1.